The maximum Gasteiger partial charge on any atom is 0.339 e. The molecule has 0 atom stereocenters. The molecule has 1 aromatic heterocycles. The Morgan fingerprint density at radius 3 is 2.53 bits per heavy atom. The van der Waals surface area contributed by atoms with Crippen LogP contribution in [-0.2, 0) is 16.1 Å². The number of amides is 1. The molecule has 3 aromatic rings. The Labute approximate surface area is 197 Å². The molecule has 0 fully saturated rings. The molecule has 9 heteroatoms. The number of aromatic amines is 1. The molecule has 2 aromatic carbocycles. The highest BCUT2D eigenvalue weighted by molar-refractivity contribution is 6.05. The molecule has 0 bridgehead atoms. The van der Waals surface area contributed by atoms with E-state index in [-0.39, 0.29) is 24.0 Å². The van der Waals surface area contributed by atoms with Crippen LogP contribution < -0.4 is 21.9 Å². The number of ether oxygens (including phenoxy) is 1. The van der Waals surface area contributed by atoms with Gasteiger partial charge in [0.25, 0.3) is 11.5 Å². The van der Waals surface area contributed by atoms with Gasteiger partial charge in [0.05, 0.1) is 5.56 Å². The van der Waals surface area contributed by atoms with Crippen molar-refractivity contribution in [3.63, 3.8) is 0 Å². The number of H-pyrrole nitrogens is 1. The van der Waals surface area contributed by atoms with Gasteiger partial charge >= 0.3 is 11.7 Å². The number of nitrogens with zero attached hydrogens (tertiary/aromatic N) is 2. The number of nitrogens with two attached hydrogens (primary N) is 1. The lowest BCUT2D eigenvalue weighted by Gasteiger charge is -2.26. The Balaban J connectivity index is 1.89. The maximum absolute atomic E-state index is 13.1. The van der Waals surface area contributed by atoms with Crippen LogP contribution in [0.3, 0.4) is 0 Å². The van der Waals surface area contributed by atoms with Gasteiger partial charge < -0.3 is 15.4 Å². The zero-order valence-corrected chi connectivity index (χ0v) is 19.7. The summed E-state index contributed by atoms with van der Waals surface area (Å²) in [5, 5.41) is 1.59. The standard InChI is InChI=1S/C25H30N4O5/c1-4-5-13-28-22(26)21(23(31)27-25(28)33)29(14-16(2)3)20(30)15-34-24(32)19-12-8-10-17-9-6-7-11-18(17)19/h6-12,16H,4-5,13-15,26H2,1-3H3,(H,27,31,33). The van der Waals surface area contributed by atoms with E-state index in [1.165, 1.54) is 9.47 Å². The molecule has 1 amide bonds. The van der Waals surface area contributed by atoms with Crippen LogP contribution in [0.25, 0.3) is 10.8 Å². The number of rotatable bonds is 9. The minimum absolute atomic E-state index is 0.0208. The van der Waals surface area contributed by atoms with E-state index >= 15 is 0 Å². The average molecular weight is 467 g/mol. The van der Waals surface area contributed by atoms with Gasteiger partial charge in [-0.15, -0.1) is 0 Å². The van der Waals surface area contributed by atoms with E-state index in [0.29, 0.717) is 23.9 Å². The summed E-state index contributed by atoms with van der Waals surface area (Å²) in [5.74, 6) is -1.37. The number of nitrogen functional groups attached to an aromatic ring is 1. The topological polar surface area (TPSA) is 127 Å². The van der Waals surface area contributed by atoms with Crippen molar-refractivity contribution in [3.05, 3.63) is 68.9 Å². The monoisotopic (exact) mass is 466 g/mol. The number of hydrogen-bond acceptors (Lipinski definition) is 6. The first-order chi connectivity index (χ1) is 16.2. The predicted molar refractivity (Wildman–Crippen MR) is 132 cm³/mol. The number of hydrogen-bond donors (Lipinski definition) is 2. The van der Waals surface area contributed by atoms with Crippen LogP contribution in [-0.4, -0.2) is 34.6 Å². The average Bonchev–Trinajstić information content (AvgIpc) is 2.80. The minimum atomic E-state index is -0.760. The number of aromatic nitrogens is 2. The number of carbonyl (C=O) groups excluding carboxylic acids is 2. The lowest BCUT2D eigenvalue weighted by molar-refractivity contribution is -0.121. The molecule has 9 nitrogen and oxygen atoms in total. The van der Waals surface area contributed by atoms with E-state index in [1.807, 2.05) is 45.0 Å². The van der Waals surface area contributed by atoms with Gasteiger partial charge in [-0.2, -0.15) is 0 Å². The van der Waals surface area contributed by atoms with E-state index in [4.69, 9.17) is 10.5 Å². The Bertz CT molecular complexity index is 1300. The molecular formula is C25H30N4O5. The maximum atomic E-state index is 13.1. The van der Waals surface area contributed by atoms with Crippen LogP contribution in [0.1, 0.15) is 44.0 Å². The molecular weight excluding hydrogens is 436 g/mol. The van der Waals surface area contributed by atoms with Gasteiger partial charge in [-0.25, -0.2) is 9.59 Å². The van der Waals surface area contributed by atoms with Crippen molar-refractivity contribution in [3.8, 4) is 0 Å². The minimum Gasteiger partial charge on any atom is -0.452 e. The molecule has 0 aliphatic carbocycles. The number of esters is 1. The van der Waals surface area contributed by atoms with Gasteiger partial charge in [0.2, 0.25) is 0 Å². The first kappa shape index (κ1) is 24.8. The molecule has 180 valence electrons. The zero-order valence-electron chi connectivity index (χ0n) is 19.7. The van der Waals surface area contributed by atoms with Gasteiger partial charge in [-0.1, -0.05) is 63.6 Å². The van der Waals surface area contributed by atoms with E-state index in [0.717, 1.165) is 11.8 Å². The SMILES string of the molecule is CCCCn1c(N)c(N(CC(C)C)C(=O)COC(=O)c2cccc3ccccc23)c(=O)[nH]c1=O. The van der Waals surface area contributed by atoms with Crippen LogP contribution in [0.5, 0.6) is 0 Å². The van der Waals surface area contributed by atoms with E-state index in [2.05, 4.69) is 4.98 Å². The first-order valence-corrected chi connectivity index (χ1v) is 11.3. The highest BCUT2D eigenvalue weighted by atomic mass is 16.5. The van der Waals surface area contributed by atoms with Gasteiger partial charge in [-0.05, 0) is 29.2 Å². The molecule has 34 heavy (non-hydrogen) atoms. The molecule has 0 spiro atoms. The molecule has 0 aliphatic heterocycles. The summed E-state index contributed by atoms with van der Waals surface area (Å²) >= 11 is 0. The van der Waals surface area contributed by atoms with Crippen LogP contribution in [0.4, 0.5) is 11.5 Å². The Hall–Kier alpha value is -3.88. The lowest BCUT2D eigenvalue weighted by Crippen LogP contribution is -2.44. The fraction of sp³-hybridized carbons (Fsp3) is 0.360. The smallest absolute Gasteiger partial charge is 0.339 e. The third-order valence-corrected chi connectivity index (χ3v) is 5.40. The molecule has 3 N–H and O–H groups in total. The fourth-order valence-electron chi connectivity index (χ4n) is 3.75. The number of benzene rings is 2. The lowest BCUT2D eigenvalue weighted by atomic mass is 10.1. The normalized spacial score (nSPS) is 11.1. The third kappa shape index (κ3) is 5.36. The van der Waals surface area contributed by atoms with E-state index in [9.17, 15) is 19.2 Å². The Morgan fingerprint density at radius 1 is 1.12 bits per heavy atom. The summed E-state index contributed by atoms with van der Waals surface area (Å²) in [5.41, 5.74) is 5.03. The Kier molecular flexibility index (Phi) is 7.88. The number of anilines is 2. The summed E-state index contributed by atoms with van der Waals surface area (Å²) in [4.78, 5) is 54.3. The van der Waals surface area contributed by atoms with E-state index in [1.54, 1.807) is 18.2 Å². The van der Waals surface area contributed by atoms with Gasteiger partial charge in [0.15, 0.2) is 12.3 Å². The van der Waals surface area contributed by atoms with Crippen molar-refractivity contribution >= 4 is 34.2 Å². The fourth-order valence-corrected chi connectivity index (χ4v) is 3.75. The molecule has 1 heterocycles. The van der Waals surface area contributed by atoms with Crippen molar-refractivity contribution in [2.75, 3.05) is 23.8 Å². The second kappa shape index (κ2) is 10.8. The first-order valence-electron chi connectivity index (χ1n) is 11.3. The summed E-state index contributed by atoms with van der Waals surface area (Å²) in [6.07, 6.45) is 1.50. The van der Waals surface area contributed by atoms with Crippen LogP contribution in [0.2, 0.25) is 0 Å². The zero-order chi connectivity index (χ0) is 24.8. The highest BCUT2D eigenvalue weighted by Crippen LogP contribution is 2.21. The molecule has 0 saturated carbocycles. The van der Waals surface area contributed by atoms with Gasteiger partial charge in [0.1, 0.15) is 5.82 Å². The summed E-state index contributed by atoms with van der Waals surface area (Å²) in [6.45, 7) is 5.60. The predicted octanol–water partition coefficient (Wildman–Crippen LogP) is 2.92. The summed E-state index contributed by atoms with van der Waals surface area (Å²) < 4.78 is 6.58. The summed E-state index contributed by atoms with van der Waals surface area (Å²) in [6, 6.07) is 12.6. The van der Waals surface area contributed by atoms with Crippen LogP contribution >= 0.6 is 0 Å². The molecule has 3 rings (SSSR count). The summed E-state index contributed by atoms with van der Waals surface area (Å²) in [7, 11) is 0. The van der Waals surface area contributed by atoms with Crippen molar-refractivity contribution in [2.45, 2.75) is 40.2 Å². The number of carbonyl (C=O) groups is 2. The highest BCUT2D eigenvalue weighted by Gasteiger charge is 2.26. The number of fused-ring (bicyclic) bond motifs is 1. The van der Waals surface area contributed by atoms with Gasteiger partial charge in [0, 0.05) is 13.1 Å². The molecule has 0 radical (unpaired) electrons. The Morgan fingerprint density at radius 2 is 1.82 bits per heavy atom. The second-order valence-electron chi connectivity index (χ2n) is 8.50. The molecule has 0 unspecified atom stereocenters. The second-order valence-corrected chi connectivity index (χ2v) is 8.50. The van der Waals surface area contributed by atoms with Crippen LogP contribution in [0.15, 0.2) is 52.1 Å². The molecule has 0 aliphatic rings. The van der Waals surface area contributed by atoms with Crippen molar-refractivity contribution in [1.29, 1.82) is 0 Å². The quantitative estimate of drug-likeness (QED) is 0.467. The van der Waals surface area contributed by atoms with E-state index < -0.39 is 29.7 Å². The van der Waals surface area contributed by atoms with Crippen molar-refractivity contribution in [2.24, 2.45) is 5.92 Å². The third-order valence-electron chi connectivity index (χ3n) is 5.40. The van der Waals surface area contributed by atoms with Crippen molar-refractivity contribution < 1.29 is 14.3 Å². The van der Waals surface area contributed by atoms with Crippen molar-refractivity contribution in [1.82, 2.24) is 9.55 Å². The number of nitrogens with one attached hydrogen (secondary N) is 1. The van der Waals surface area contributed by atoms with Crippen LogP contribution in [0, 0.1) is 5.92 Å². The molecule has 0 saturated heterocycles. The largest absolute Gasteiger partial charge is 0.452 e. The van der Waals surface area contributed by atoms with Gasteiger partial charge in [-0.3, -0.25) is 19.1 Å². The number of unbranched alkanes of at least 4 members (excludes halogenated alkanes) is 1.